The Hall–Kier alpha value is -0.320. The predicted octanol–water partition coefficient (Wildman–Crippen LogP) is 0.829. The molecule has 3 atom stereocenters. The van der Waals surface area contributed by atoms with Crippen LogP contribution < -0.4 is 11.1 Å². The lowest BCUT2D eigenvalue weighted by Gasteiger charge is -2.28. The Morgan fingerprint density at radius 1 is 1.53 bits per heavy atom. The molecule has 0 aliphatic heterocycles. The largest absolute Gasteiger partial charge is 0.372 e. The van der Waals surface area contributed by atoms with Crippen LogP contribution in [0.3, 0.4) is 0 Å². The number of nitrogens with two attached hydrogens (primary N) is 1. The van der Waals surface area contributed by atoms with Gasteiger partial charge in [-0.3, -0.25) is 4.79 Å². The second-order valence-corrected chi connectivity index (χ2v) is 4.01. The highest BCUT2D eigenvalue weighted by molar-refractivity contribution is 5.85. The lowest BCUT2D eigenvalue weighted by Crippen LogP contribution is -2.45. The van der Waals surface area contributed by atoms with Crippen molar-refractivity contribution in [3.8, 4) is 0 Å². The molecule has 0 aromatic heterocycles. The van der Waals surface area contributed by atoms with Gasteiger partial charge in [0.05, 0.1) is 0 Å². The van der Waals surface area contributed by atoms with Gasteiger partial charge in [0.25, 0.3) is 0 Å². The van der Waals surface area contributed by atoms with Gasteiger partial charge >= 0.3 is 0 Å². The standard InChI is InChI=1S/C10H20N2O2.ClH/c1-7(14-2)10(13)12-9-5-3-4-8(11)6-9;/h7-9H,3-6,11H2,1-2H3,(H,12,13);1H. The van der Waals surface area contributed by atoms with E-state index >= 15 is 0 Å². The molecule has 3 unspecified atom stereocenters. The highest BCUT2D eigenvalue weighted by Crippen LogP contribution is 2.16. The van der Waals surface area contributed by atoms with E-state index < -0.39 is 0 Å². The van der Waals surface area contributed by atoms with Gasteiger partial charge in [0.2, 0.25) is 5.91 Å². The molecule has 1 aliphatic carbocycles. The first-order valence-electron chi connectivity index (χ1n) is 5.22. The van der Waals surface area contributed by atoms with Crippen molar-refractivity contribution in [2.24, 2.45) is 5.73 Å². The van der Waals surface area contributed by atoms with E-state index in [0.29, 0.717) is 0 Å². The van der Waals surface area contributed by atoms with Gasteiger partial charge in [-0.25, -0.2) is 0 Å². The van der Waals surface area contributed by atoms with Crippen LogP contribution in [0.2, 0.25) is 0 Å². The summed E-state index contributed by atoms with van der Waals surface area (Å²) in [5.74, 6) is -0.0356. The van der Waals surface area contributed by atoms with Crippen LogP contribution >= 0.6 is 12.4 Å². The minimum Gasteiger partial charge on any atom is -0.372 e. The summed E-state index contributed by atoms with van der Waals surface area (Å²) in [6.45, 7) is 1.75. The van der Waals surface area contributed by atoms with Gasteiger partial charge in [0, 0.05) is 19.2 Å². The fourth-order valence-electron chi connectivity index (χ4n) is 1.78. The van der Waals surface area contributed by atoms with Gasteiger partial charge in [-0.05, 0) is 32.6 Å². The summed E-state index contributed by atoms with van der Waals surface area (Å²) in [5, 5.41) is 2.96. The maximum atomic E-state index is 11.5. The number of halogens is 1. The molecule has 1 fully saturated rings. The Bertz CT molecular complexity index is 202. The number of amides is 1. The first kappa shape index (κ1) is 14.7. The van der Waals surface area contributed by atoms with Crippen LogP contribution in [-0.4, -0.2) is 31.2 Å². The summed E-state index contributed by atoms with van der Waals surface area (Å²) in [6.07, 6.45) is 3.74. The molecule has 0 bridgehead atoms. The van der Waals surface area contributed by atoms with Crippen LogP contribution in [0, 0.1) is 0 Å². The van der Waals surface area contributed by atoms with Gasteiger partial charge < -0.3 is 15.8 Å². The van der Waals surface area contributed by atoms with E-state index in [9.17, 15) is 4.79 Å². The summed E-state index contributed by atoms with van der Waals surface area (Å²) >= 11 is 0. The molecule has 0 aromatic carbocycles. The number of nitrogens with one attached hydrogen (secondary N) is 1. The molecule has 15 heavy (non-hydrogen) atoms. The Balaban J connectivity index is 0.00000196. The fourth-order valence-corrected chi connectivity index (χ4v) is 1.78. The molecule has 90 valence electrons. The summed E-state index contributed by atoms with van der Waals surface area (Å²) < 4.78 is 4.94. The fraction of sp³-hybridized carbons (Fsp3) is 0.900. The summed E-state index contributed by atoms with van der Waals surface area (Å²) in [6, 6.07) is 0.482. The topological polar surface area (TPSA) is 64.3 Å². The minimum absolute atomic E-state index is 0. The highest BCUT2D eigenvalue weighted by atomic mass is 35.5. The average molecular weight is 237 g/mol. The second kappa shape index (κ2) is 7.04. The third-order valence-electron chi connectivity index (χ3n) is 2.78. The number of carbonyl (C=O) groups excluding carboxylic acids is 1. The van der Waals surface area contributed by atoms with Gasteiger partial charge in [-0.2, -0.15) is 0 Å². The van der Waals surface area contributed by atoms with Crippen molar-refractivity contribution in [3.63, 3.8) is 0 Å². The van der Waals surface area contributed by atoms with E-state index in [-0.39, 0.29) is 36.5 Å². The van der Waals surface area contributed by atoms with Crippen molar-refractivity contribution in [1.82, 2.24) is 5.32 Å². The number of ether oxygens (including phenoxy) is 1. The van der Waals surface area contributed by atoms with Crippen molar-refractivity contribution in [2.75, 3.05) is 7.11 Å². The number of hydrogen-bond acceptors (Lipinski definition) is 3. The monoisotopic (exact) mass is 236 g/mol. The molecule has 0 aromatic rings. The summed E-state index contributed by atoms with van der Waals surface area (Å²) in [5.41, 5.74) is 5.83. The molecule has 1 saturated carbocycles. The van der Waals surface area contributed by atoms with Crippen LogP contribution in [0.15, 0.2) is 0 Å². The molecule has 0 heterocycles. The molecule has 3 N–H and O–H groups in total. The lowest BCUT2D eigenvalue weighted by atomic mass is 9.91. The van der Waals surface area contributed by atoms with E-state index in [2.05, 4.69) is 5.32 Å². The van der Waals surface area contributed by atoms with Gasteiger partial charge in [0.15, 0.2) is 0 Å². The molecule has 0 saturated heterocycles. The molecule has 1 rings (SSSR count). The second-order valence-electron chi connectivity index (χ2n) is 4.01. The van der Waals surface area contributed by atoms with Crippen molar-refractivity contribution in [2.45, 2.75) is 50.8 Å². The smallest absolute Gasteiger partial charge is 0.249 e. The zero-order valence-corrected chi connectivity index (χ0v) is 10.2. The minimum atomic E-state index is -0.367. The van der Waals surface area contributed by atoms with E-state index in [4.69, 9.17) is 10.5 Å². The number of carbonyl (C=O) groups is 1. The molecular weight excluding hydrogens is 216 g/mol. The Labute approximate surface area is 97.3 Å². The Morgan fingerprint density at radius 2 is 2.20 bits per heavy atom. The third-order valence-corrected chi connectivity index (χ3v) is 2.78. The average Bonchev–Trinajstić information content (AvgIpc) is 2.16. The van der Waals surface area contributed by atoms with Crippen molar-refractivity contribution < 1.29 is 9.53 Å². The number of rotatable bonds is 3. The van der Waals surface area contributed by atoms with E-state index in [0.717, 1.165) is 25.7 Å². The van der Waals surface area contributed by atoms with Crippen molar-refractivity contribution in [3.05, 3.63) is 0 Å². The maximum Gasteiger partial charge on any atom is 0.249 e. The first-order chi connectivity index (χ1) is 6.63. The maximum absolute atomic E-state index is 11.5. The van der Waals surface area contributed by atoms with Crippen LogP contribution in [0.25, 0.3) is 0 Å². The van der Waals surface area contributed by atoms with Crippen LogP contribution in [0.5, 0.6) is 0 Å². The summed E-state index contributed by atoms with van der Waals surface area (Å²) in [7, 11) is 1.54. The zero-order valence-electron chi connectivity index (χ0n) is 9.36. The molecular formula is C10H21ClN2O2. The van der Waals surface area contributed by atoms with Gasteiger partial charge in [-0.1, -0.05) is 0 Å². The Morgan fingerprint density at radius 3 is 2.73 bits per heavy atom. The predicted molar refractivity (Wildman–Crippen MR) is 62.1 cm³/mol. The third kappa shape index (κ3) is 4.82. The molecule has 4 nitrogen and oxygen atoms in total. The lowest BCUT2D eigenvalue weighted by molar-refractivity contribution is -0.131. The molecule has 0 radical (unpaired) electrons. The van der Waals surface area contributed by atoms with E-state index in [1.54, 1.807) is 6.92 Å². The molecule has 0 spiro atoms. The molecule has 1 aliphatic rings. The van der Waals surface area contributed by atoms with E-state index in [1.165, 1.54) is 7.11 Å². The first-order valence-corrected chi connectivity index (χ1v) is 5.22. The normalized spacial score (nSPS) is 27.7. The van der Waals surface area contributed by atoms with Crippen molar-refractivity contribution >= 4 is 18.3 Å². The quantitative estimate of drug-likeness (QED) is 0.763. The van der Waals surface area contributed by atoms with Crippen LogP contribution in [0.1, 0.15) is 32.6 Å². The molecule has 5 heteroatoms. The Kier molecular flexibility index (Phi) is 6.89. The highest BCUT2D eigenvalue weighted by Gasteiger charge is 2.22. The molecule has 1 amide bonds. The van der Waals surface area contributed by atoms with Gasteiger partial charge in [-0.15, -0.1) is 12.4 Å². The van der Waals surface area contributed by atoms with Gasteiger partial charge in [0.1, 0.15) is 6.10 Å². The zero-order chi connectivity index (χ0) is 10.6. The van der Waals surface area contributed by atoms with Crippen LogP contribution in [0.4, 0.5) is 0 Å². The van der Waals surface area contributed by atoms with Crippen LogP contribution in [-0.2, 0) is 9.53 Å². The van der Waals surface area contributed by atoms with Crippen molar-refractivity contribution in [1.29, 1.82) is 0 Å². The van der Waals surface area contributed by atoms with E-state index in [1.807, 2.05) is 0 Å². The number of hydrogen-bond donors (Lipinski definition) is 2. The SMILES string of the molecule is COC(C)C(=O)NC1CCCC(N)C1.Cl. The summed E-state index contributed by atoms with van der Waals surface area (Å²) in [4.78, 5) is 11.5. The number of methoxy groups -OCH3 is 1.